The number of ketones is 4. The van der Waals surface area contributed by atoms with E-state index in [-0.39, 0.29) is 40.9 Å². The van der Waals surface area contributed by atoms with E-state index in [1.807, 2.05) is 0 Å². The molecule has 4 heteroatoms. The Bertz CT molecular complexity index is 869. The third kappa shape index (κ3) is 3.77. The van der Waals surface area contributed by atoms with Crippen LogP contribution in [0.4, 0.5) is 0 Å². The Labute approximate surface area is 205 Å². The van der Waals surface area contributed by atoms with Gasteiger partial charge in [0.2, 0.25) is 0 Å². The Kier molecular flexibility index (Phi) is 6.43. The molecule has 0 aliphatic heterocycles. The summed E-state index contributed by atoms with van der Waals surface area (Å²) in [6.45, 7) is 6.69. The molecule has 188 valence electrons. The van der Waals surface area contributed by atoms with Crippen molar-refractivity contribution >= 4 is 23.1 Å². The van der Waals surface area contributed by atoms with E-state index in [4.69, 9.17) is 0 Å². The first-order chi connectivity index (χ1) is 16.2. The third-order valence-corrected chi connectivity index (χ3v) is 11.8. The molecule has 34 heavy (non-hydrogen) atoms. The fourth-order valence-electron chi connectivity index (χ4n) is 9.59. The van der Waals surface area contributed by atoms with E-state index in [1.54, 1.807) is 0 Å². The van der Waals surface area contributed by atoms with Crippen molar-refractivity contribution in [1.29, 1.82) is 0 Å². The molecule has 0 N–H and O–H groups in total. The molecule has 4 nitrogen and oxygen atoms in total. The molecule has 0 radical (unpaired) electrons. The summed E-state index contributed by atoms with van der Waals surface area (Å²) < 4.78 is 0. The van der Waals surface area contributed by atoms with Gasteiger partial charge < -0.3 is 0 Å². The van der Waals surface area contributed by atoms with E-state index >= 15 is 0 Å². The normalized spacial score (nSPS) is 43.7. The highest BCUT2D eigenvalue weighted by atomic mass is 16.1. The van der Waals surface area contributed by atoms with Crippen LogP contribution in [0.3, 0.4) is 0 Å². The molecule has 5 aliphatic rings. The van der Waals surface area contributed by atoms with Crippen molar-refractivity contribution in [3.05, 3.63) is 0 Å². The second-order valence-electron chi connectivity index (χ2n) is 13.3. The molecule has 0 aromatic rings. The first kappa shape index (κ1) is 24.4. The van der Waals surface area contributed by atoms with E-state index in [9.17, 15) is 19.2 Å². The van der Waals surface area contributed by atoms with Crippen LogP contribution in [0.15, 0.2) is 0 Å². The molecular formula is C30H44O4. The molecule has 0 saturated heterocycles. The Morgan fingerprint density at radius 2 is 1.68 bits per heavy atom. The molecule has 0 aromatic carbocycles. The first-order valence-corrected chi connectivity index (χ1v) is 14.3. The van der Waals surface area contributed by atoms with Gasteiger partial charge in [-0.15, -0.1) is 0 Å². The van der Waals surface area contributed by atoms with Crippen molar-refractivity contribution in [3.63, 3.8) is 0 Å². The number of hydrogen-bond acceptors (Lipinski definition) is 4. The maximum Gasteiger partial charge on any atom is 0.139 e. The topological polar surface area (TPSA) is 68.3 Å². The van der Waals surface area contributed by atoms with Crippen LogP contribution < -0.4 is 0 Å². The minimum Gasteiger partial charge on any atom is -0.300 e. The van der Waals surface area contributed by atoms with Gasteiger partial charge in [0.05, 0.1) is 0 Å². The lowest BCUT2D eigenvalue weighted by atomic mass is 9.44. The van der Waals surface area contributed by atoms with Crippen LogP contribution in [0.5, 0.6) is 0 Å². The van der Waals surface area contributed by atoms with Crippen molar-refractivity contribution in [2.24, 2.45) is 52.3 Å². The molecule has 5 fully saturated rings. The monoisotopic (exact) mass is 468 g/mol. The van der Waals surface area contributed by atoms with Gasteiger partial charge in [-0.25, -0.2) is 0 Å². The molecule has 0 amide bonds. The lowest BCUT2D eigenvalue weighted by molar-refractivity contribution is -0.166. The molecule has 5 rings (SSSR count). The van der Waals surface area contributed by atoms with Crippen LogP contribution in [-0.4, -0.2) is 23.1 Å². The minimum atomic E-state index is -0.433. The average Bonchev–Trinajstić information content (AvgIpc) is 3.18. The Morgan fingerprint density at radius 1 is 0.941 bits per heavy atom. The van der Waals surface area contributed by atoms with Crippen LogP contribution in [0.2, 0.25) is 0 Å². The molecule has 0 heterocycles. The molecule has 5 aliphatic carbocycles. The summed E-state index contributed by atoms with van der Waals surface area (Å²) in [7, 11) is 0. The highest BCUT2D eigenvalue weighted by Crippen LogP contribution is 2.66. The molecule has 8 atom stereocenters. The molecular weight excluding hydrogens is 424 g/mol. The number of Topliss-reactive ketones (excluding diaryl/α,β-unsaturated/α-hetero) is 4. The van der Waals surface area contributed by atoms with E-state index in [0.29, 0.717) is 61.2 Å². The number of carbonyl (C=O) groups is 4. The van der Waals surface area contributed by atoms with Gasteiger partial charge in [-0.05, 0) is 73.5 Å². The Morgan fingerprint density at radius 3 is 2.41 bits per heavy atom. The van der Waals surface area contributed by atoms with Gasteiger partial charge in [-0.1, -0.05) is 40.0 Å². The quantitative estimate of drug-likeness (QED) is 0.486. The summed E-state index contributed by atoms with van der Waals surface area (Å²) in [6.07, 6.45) is 12.3. The largest absolute Gasteiger partial charge is 0.300 e. The zero-order valence-electron chi connectivity index (χ0n) is 21.6. The summed E-state index contributed by atoms with van der Waals surface area (Å²) in [6, 6.07) is 0. The molecule has 0 spiro atoms. The second kappa shape index (κ2) is 8.96. The maximum absolute atomic E-state index is 13.9. The Balaban J connectivity index is 1.32. The number of rotatable bonds is 5. The summed E-state index contributed by atoms with van der Waals surface area (Å²) in [5, 5.41) is 0. The fourth-order valence-corrected chi connectivity index (χ4v) is 9.59. The van der Waals surface area contributed by atoms with Crippen LogP contribution >= 0.6 is 0 Å². The zero-order chi connectivity index (χ0) is 24.3. The second-order valence-corrected chi connectivity index (χ2v) is 13.3. The van der Waals surface area contributed by atoms with Crippen molar-refractivity contribution in [3.8, 4) is 0 Å². The van der Waals surface area contributed by atoms with E-state index in [1.165, 1.54) is 19.3 Å². The van der Waals surface area contributed by atoms with Crippen molar-refractivity contribution in [2.45, 2.75) is 111 Å². The number of fused-ring (bicyclic) bond motifs is 5. The zero-order valence-corrected chi connectivity index (χ0v) is 21.6. The van der Waals surface area contributed by atoms with Gasteiger partial charge in [-0.2, -0.15) is 0 Å². The van der Waals surface area contributed by atoms with Crippen LogP contribution in [0.1, 0.15) is 111 Å². The van der Waals surface area contributed by atoms with Crippen LogP contribution in [-0.2, 0) is 19.2 Å². The summed E-state index contributed by atoms with van der Waals surface area (Å²) in [5.41, 5.74) is -0.489. The summed E-state index contributed by atoms with van der Waals surface area (Å²) >= 11 is 0. The minimum absolute atomic E-state index is 0.0155. The van der Waals surface area contributed by atoms with Crippen LogP contribution in [0.25, 0.3) is 0 Å². The van der Waals surface area contributed by atoms with Gasteiger partial charge in [0.15, 0.2) is 0 Å². The van der Waals surface area contributed by atoms with E-state index < -0.39 is 5.41 Å². The van der Waals surface area contributed by atoms with Gasteiger partial charge in [0.25, 0.3) is 0 Å². The van der Waals surface area contributed by atoms with Crippen molar-refractivity contribution < 1.29 is 19.2 Å². The molecule has 0 bridgehead atoms. The van der Waals surface area contributed by atoms with Crippen molar-refractivity contribution in [1.82, 2.24) is 0 Å². The fraction of sp³-hybridized carbons (Fsp3) is 0.867. The number of hydrogen-bond donors (Lipinski definition) is 0. The molecule has 5 saturated carbocycles. The van der Waals surface area contributed by atoms with Crippen molar-refractivity contribution in [2.75, 3.05) is 0 Å². The number of carbonyl (C=O) groups excluding carboxylic acids is 4. The summed E-state index contributed by atoms with van der Waals surface area (Å²) in [4.78, 5) is 52.4. The van der Waals surface area contributed by atoms with E-state index in [2.05, 4.69) is 20.8 Å². The average molecular weight is 469 g/mol. The lowest BCUT2D eigenvalue weighted by Crippen LogP contribution is -2.60. The molecule has 0 aromatic heterocycles. The Hall–Kier alpha value is -1.32. The van der Waals surface area contributed by atoms with Gasteiger partial charge in [0, 0.05) is 49.4 Å². The van der Waals surface area contributed by atoms with Gasteiger partial charge in [-0.3, -0.25) is 19.2 Å². The van der Waals surface area contributed by atoms with E-state index in [0.717, 1.165) is 38.5 Å². The predicted molar refractivity (Wildman–Crippen MR) is 131 cm³/mol. The van der Waals surface area contributed by atoms with Gasteiger partial charge in [0.1, 0.15) is 23.1 Å². The van der Waals surface area contributed by atoms with Gasteiger partial charge >= 0.3 is 0 Å². The predicted octanol–water partition coefficient (Wildman–Crippen LogP) is 6.14. The highest BCUT2D eigenvalue weighted by Gasteiger charge is 2.66. The van der Waals surface area contributed by atoms with Crippen LogP contribution in [0, 0.1) is 52.3 Å². The summed E-state index contributed by atoms with van der Waals surface area (Å²) in [5.74, 6) is 2.65. The SMILES string of the molecule is C[C@H](CCC(=O)C1CCCCC1)[C@H]1CC[C@H]2[C@@H]3C(=O)C[C@@H]4CC(=O)CC[C@]4(C)[C@H]3CC(=O)[C@]12C. The lowest BCUT2D eigenvalue weighted by Gasteiger charge is -2.58. The first-order valence-electron chi connectivity index (χ1n) is 14.3. The standard InChI is InChI=1S/C30H44O4/c1-18(9-12-25(32)19-7-5-4-6-8-19)22-10-11-23-28-24(17-27(34)30(22,23)3)29(2)14-13-21(31)15-20(29)16-26(28)33/h18-20,22-24,28H,4-17H2,1-3H3/t18-,20+,22-,23+,24+,28+,29+,30-/m1/s1. The molecule has 0 unspecified atom stereocenters. The smallest absolute Gasteiger partial charge is 0.139 e. The third-order valence-electron chi connectivity index (χ3n) is 11.8. The maximum atomic E-state index is 13.9. The highest BCUT2D eigenvalue weighted by molar-refractivity contribution is 5.93.